The quantitative estimate of drug-likeness (QED) is 0.559. The maximum atomic E-state index is 12.9. The molecule has 0 aliphatic rings. The molecule has 2 aromatic heterocycles. The van der Waals surface area contributed by atoms with E-state index in [4.69, 9.17) is 4.74 Å². The highest BCUT2D eigenvalue weighted by atomic mass is 32.1. The first kappa shape index (κ1) is 19.0. The van der Waals surface area contributed by atoms with Crippen LogP contribution >= 0.6 is 11.3 Å². The van der Waals surface area contributed by atoms with Crippen LogP contribution < -0.4 is 5.32 Å². The fourth-order valence-electron chi connectivity index (χ4n) is 2.61. The van der Waals surface area contributed by atoms with Gasteiger partial charge in [-0.25, -0.2) is 4.68 Å². The van der Waals surface area contributed by atoms with E-state index in [1.165, 1.54) is 4.90 Å². The van der Waals surface area contributed by atoms with E-state index in [1.54, 1.807) is 23.1 Å². The highest BCUT2D eigenvalue weighted by Crippen LogP contribution is 2.14. The molecule has 0 aliphatic heterocycles. The van der Waals surface area contributed by atoms with E-state index in [9.17, 15) is 9.59 Å². The van der Waals surface area contributed by atoms with Gasteiger partial charge in [0.2, 0.25) is 11.8 Å². The maximum Gasteiger partial charge on any atom is 0.245 e. The molecule has 0 unspecified atom stereocenters. The molecule has 3 aromatic rings. The Morgan fingerprint density at radius 2 is 2.11 bits per heavy atom. The number of carbonyl (C=O) groups excluding carboxylic acids is 2. The number of carbonyl (C=O) groups is 2. The Morgan fingerprint density at radius 3 is 2.89 bits per heavy atom. The summed E-state index contributed by atoms with van der Waals surface area (Å²) in [6.07, 6.45) is 0. The van der Waals surface area contributed by atoms with Crippen molar-refractivity contribution in [1.82, 2.24) is 25.2 Å². The third-order valence-corrected chi connectivity index (χ3v) is 4.81. The van der Waals surface area contributed by atoms with Gasteiger partial charge in [-0.3, -0.25) is 9.59 Å². The van der Waals surface area contributed by atoms with Crippen molar-refractivity contribution in [3.63, 3.8) is 0 Å². The predicted octanol–water partition coefficient (Wildman–Crippen LogP) is 1.28. The summed E-state index contributed by atoms with van der Waals surface area (Å²) in [5.41, 5.74) is 1.51. The van der Waals surface area contributed by atoms with E-state index in [0.29, 0.717) is 19.7 Å². The zero-order valence-corrected chi connectivity index (χ0v) is 15.8. The fourth-order valence-corrected chi connectivity index (χ4v) is 3.33. The van der Waals surface area contributed by atoms with Gasteiger partial charge in [0.15, 0.2) is 0 Å². The summed E-state index contributed by atoms with van der Waals surface area (Å²) in [6.45, 7) is 1.21. The van der Waals surface area contributed by atoms with Crippen LogP contribution in [-0.4, -0.2) is 58.5 Å². The molecule has 0 radical (unpaired) electrons. The summed E-state index contributed by atoms with van der Waals surface area (Å²) in [4.78, 5) is 27.6. The summed E-state index contributed by atoms with van der Waals surface area (Å²) in [6, 6.07) is 11.3. The molecule has 3 rings (SSSR count). The number of nitrogens with one attached hydrogen (secondary N) is 1. The summed E-state index contributed by atoms with van der Waals surface area (Å²) in [7, 11) is 1.57. The molecule has 2 amide bonds. The smallest absolute Gasteiger partial charge is 0.245 e. The van der Waals surface area contributed by atoms with Crippen molar-refractivity contribution >= 4 is 34.2 Å². The van der Waals surface area contributed by atoms with Crippen molar-refractivity contribution in [1.29, 1.82) is 0 Å². The first-order valence-corrected chi connectivity index (χ1v) is 9.39. The van der Waals surface area contributed by atoms with Gasteiger partial charge in [0.25, 0.3) is 0 Å². The number of hydrogen-bond acceptors (Lipinski definition) is 6. The second-order valence-corrected chi connectivity index (χ2v) is 6.94. The van der Waals surface area contributed by atoms with Crippen molar-refractivity contribution in [3.8, 4) is 0 Å². The molecule has 142 valence electrons. The summed E-state index contributed by atoms with van der Waals surface area (Å²) < 4.78 is 6.49. The van der Waals surface area contributed by atoms with Crippen molar-refractivity contribution < 1.29 is 14.3 Å². The molecule has 0 saturated heterocycles. The van der Waals surface area contributed by atoms with E-state index in [1.807, 2.05) is 41.8 Å². The topological polar surface area (TPSA) is 89.4 Å². The van der Waals surface area contributed by atoms with Crippen LogP contribution in [0.3, 0.4) is 0 Å². The number of amides is 2. The van der Waals surface area contributed by atoms with Gasteiger partial charge < -0.3 is 15.0 Å². The number of para-hydroxylation sites is 1. The van der Waals surface area contributed by atoms with E-state index in [2.05, 4.69) is 15.6 Å². The second kappa shape index (κ2) is 9.24. The lowest BCUT2D eigenvalue weighted by molar-refractivity contribution is -0.137. The molecule has 2 heterocycles. The largest absolute Gasteiger partial charge is 0.383 e. The lowest BCUT2D eigenvalue weighted by atomic mass is 10.3. The molecule has 9 heteroatoms. The highest BCUT2D eigenvalue weighted by molar-refractivity contribution is 7.09. The number of aromatic nitrogens is 3. The molecule has 0 aliphatic carbocycles. The monoisotopic (exact) mass is 387 g/mol. The average molecular weight is 387 g/mol. The fraction of sp³-hybridized carbons (Fsp3) is 0.333. The molecule has 0 fully saturated rings. The van der Waals surface area contributed by atoms with Crippen LogP contribution in [0.25, 0.3) is 11.0 Å². The third-order valence-electron chi connectivity index (χ3n) is 3.95. The van der Waals surface area contributed by atoms with Gasteiger partial charge >= 0.3 is 0 Å². The molecular formula is C18H21N5O3S. The number of fused-ring (bicyclic) bond motifs is 1. The minimum absolute atomic E-state index is 0.0208. The van der Waals surface area contributed by atoms with Crippen LogP contribution in [0.15, 0.2) is 41.8 Å². The number of hydrogen-bond donors (Lipinski definition) is 1. The van der Waals surface area contributed by atoms with Gasteiger partial charge in [0.1, 0.15) is 12.1 Å². The normalized spacial score (nSPS) is 10.9. The van der Waals surface area contributed by atoms with E-state index < -0.39 is 0 Å². The Balaban J connectivity index is 1.70. The molecule has 1 aromatic carbocycles. The number of nitrogens with zero attached hydrogens (tertiary/aromatic N) is 4. The standard InChI is InChI=1S/C18H21N5O3S/c1-26-9-8-19-17(24)12-22(11-14-5-4-10-27-14)18(25)13-23-16-7-3-2-6-15(16)20-21-23/h2-7,10H,8-9,11-13H2,1H3,(H,19,24). The molecule has 0 bridgehead atoms. The zero-order valence-electron chi connectivity index (χ0n) is 15.0. The Hall–Kier alpha value is -2.78. The summed E-state index contributed by atoms with van der Waals surface area (Å²) in [5.74, 6) is -0.415. The molecule has 8 nitrogen and oxygen atoms in total. The lowest BCUT2D eigenvalue weighted by Gasteiger charge is -2.21. The molecule has 0 atom stereocenters. The average Bonchev–Trinajstić information content (AvgIpc) is 3.32. The van der Waals surface area contributed by atoms with Gasteiger partial charge in [0.05, 0.1) is 25.2 Å². The molecular weight excluding hydrogens is 366 g/mol. The Kier molecular flexibility index (Phi) is 6.50. The van der Waals surface area contributed by atoms with E-state index >= 15 is 0 Å². The first-order valence-electron chi connectivity index (χ1n) is 8.51. The number of rotatable bonds is 9. The predicted molar refractivity (Wildman–Crippen MR) is 102 cm³/mol. The SMILES string of the molecule is COCCNC(=O)CN(Cc1cccs1)C(=O)Cn1nnc2ccccc21. The van der Waals surface area contributed by atoms with Crippen molar-refractivity contribution in [3.05, 3.63) is 46.7 Å². The van der Waals surface area contributed by atoms with Crippen molar-refractivity contribution in [2.24, 2.45) is 0 Å². The summed E-state index contributed by atoms with van der Waals surface area (Å²) >= 11 is 1.55. The lowest BCUT2D eigenvalue weighted by Crippen LogP contribution is -2.42. The molecule has 27 heavy (non-hydrogen) atoms. The number of methoxy groups -OCH3 is 1. The van der Waals surface area contributed by atoms with Crippen LogP contribution in [0, 0.1) is 0 Å². The minimum atomic E-state index is -0.222. The second-order valence-electron chi connectivity index (χ2n) is 5.91. The Bertz CT molecular complexity index is 893. The maximum absolute atomic E-state index is 12.9. The third kappa shape index (κ3) is 5.11. The van der Waals surface area contributed by atoms with Crippen molar-refractivity contribution in [2.75, 3.05) is 26.8 Å². The van der Waals surface area contributed by atoms with Crippen LogP contribution in [0.4, 0.5) is 0 Å². The van der Waals surface area contributed by atoms with Crippen LogP contribution in [0.1, 0.15) is 4.88 Å². The summed E-state index contributed by atoms with van der Waals surface area (Å²) in [5, 5.41) is 12.8. The Labute approximate surface area is 160 Å². The van der Waals surface area contributed by atoms with Gasteiger partial charge in [-0.2, -0.15) is 0 Å². The molecule has 0 spiro atoms. The molecule has 1 N–H and O–H groups in total. The highest BCUT2D eigenvalue weighted by Gasteiger charge is 2.19. The van der Waals surface area contributed by atoms with Gasteiger partial charge in [-0.15, -0.1) is 16.4 Å². The van der Waals surface area contributed by atoms with Gasteiger partial charge in [0, 0.05) is 18.5 Å². The van der Waals surface area contributed by atoms with Crippen LogP contribution in [0.2, 0.25) is 0 Å². The van der Waals surface area contributed by atoms with Gasteiger partial charge in [-0.1, -0.05) is 23.4 Å². The number of benzene rings is 1. The van der Waals surface area contributed by atoms with E-state index in [0.717, 1.165) is 15.9 Å². The number of thiophene rings is 1. The van der Waals surface area contributed by atoms with Crippen LogP contribution in [-0.2, 0) is 27.4 Å². The van der Waals surface area contributed by atoms with Crippen LogP contribution in [0.5, 0.6) is 0 Å². The Morgan fingerprint density at radius 1 is 1.26 bits per heavy atom. The first-order chi connectivity index (χ1) is 13.2. The zero-order chi connectivity index (χ0) is 19.1. The van der Waals surface area contributed by atoms with E-state index in [-0.39, 0.29) is 24.9 Å². The minimum Gasteiger partial charge on any atom is -0.383 e. The number of ether oxygens (including phenoxy) is 1. The molecule has 0 saturated carbocycles. The van der Waals surface area contributed by atoms with Crippen molar-refractivity contribution in [2.45, 2.75) is 13.1 Å². The van der Waals surface area contributed by atoms with Gasteiger partial charge in [-0.05, 0) is 23.6 Å².